The first-order valence-electron chi connectivity index (χ1n) is 5.74. The second-order valence-electron chi connectivity index (χ2n) is 3.56. The Kier molecular flexibility index (Phi) is 10.6. The van der Waals surface area contributed by atoms with E-state index in [9.17, 15) is 4.79 Å². The van der Waals surface area contributed by atoms with E-state index in [1.54, 1.807) is 6.08 Å². The van der Waals surface area contributed by atoms with Gasteiger partial charge in [-0.1, -0.05) is 38.7 Å². The lowest BCUT2D eigenvalue weighted by atomic mass is 10.2. The first-order valence-corrected chi connectivity index (χ1v) is 5.74. The average Bonchev–Trinajstić information content (AvgIpc) is 2.20. The Hall–Kier alpha value is -0.830. The van der Waals surface area contributed by atoms with Crippen molar-refractivity contribution in [3.63, 3.8) is 0 Å². The first-order chi connectivity index (χ1) is 7.27. The van der Waals surface area contributed by atoms with Crippen molar-refractivity contribution >= 4 is 5.97 Å². The second kappa shape index (κ2) is 11.2. The Morgan fingerprint density at radius 2 is 1.93 bits per heavy atom. The molecule has 0 rings (SSSR count). The van der Waals surface area contributed by atoms with Gasteiger partial charge < -0.3 is 9.84 Å². The molecule has 0 aromatic heterocycles. The zero-order chi connectivity index (χ0) is 11.4. The third kappa shape index (κ3) is 13.2. The molecular formula is C12H22O3. The van der Waals surface area contributed by atoms with E-state index in [1.165, 1.54) is 25.7 Å². The summed E-state index contributed by atoms with van der Waals surface area (Å²) in [6.07, 6.45) is 9.67. The van der Waals surface area contributed by atoms with E-state index < -0.39 is 5.97 Å². The van der Waals surface area contributed by atoms with E-state index in [-0.39, 0.29) is 0 Å². The maximum atomic E-state index is 10.1. The number of hydrogen-bond acceptors (Lipinski definition) is 2. The lowest BCUT2D eigenvalue weighted by molar-refractivity contribution is -0.131. The van der Waals surface area contributed by atoms with E-state index in [0.29, 0.717) is 13.0 Å². The molecule has 0 atom stereocenters. The highest BCUT2D eigenvalue weighted by Crippen LogP contribution is 2.02. The summed E-state index contributed by atoms with van der Waals surface area (Å²) in [5.41, 5.74) is 0. The van der Waals surface area contributed by atoms with Crippen molar-refractivity contribution in [1.29, 1.82) is 0 Å². The highest BCUT2D eigenvalue weighted by Gasteiger charge is 1.90. The van der Waals surface area contributed by atoms with Gasteiger partial charge in [0, 0.05) is 12.7 Å². The molecule has 0 saturated heterocycles. The highest BCUT2D eigenvalue weighted by molar-refractivity contribution is 5.79. The Bertz CT molecular complexity index is 176. The lowest BCUT2D eigenvalue weighted by Gasteiger charge is -2.01. The fourth-order valence-corrected chi connectivity index (χ4v) is 1.25. The van der Waals surface area contributed by atoms with Crippen molar-refractivity contribution < 1.29 is 14.6 Å². The van der Waals surface area contributed by atoms with Crippen LogP contribution >= 0.6 is 0 Å². The standard InChI is InChI=1S/C12H22O3/c1-2-3-4-5-7-10-15-11-8-6-9-12(13)14/h6,9H,2-5,7-8,10-11H2,1H3,(H,13,14). The predicted molar refractivity (Wildman–Crippen MR) is 61.0 cm³/mol. The van der Waals surface area contributed by atoms with Crippen molar-refractivity contribution in [3.8, 4) is 0 Å². The van der Waals surface area contributed by atoms with Crippen LogP contribution in [-0.4, -0.2) is 24.3 Å². The monoisotopic (exact) mass is 214 g/mol. The molecule has 0 heterocycles. The van der Waals surface area contributed by atoms with Gasteiger partial charge in [-0.2, -0.15) is 0 Å². The van der Waals surface area contributed by atoms with Crippen molar-refractivity contribution in [2.45, 2.75) is 45.4 Å². The van der Waals surface area contributed by atoms with Gasteiger partial charge in [0.15, 0.2) is 0 Å². The molecule has 15 heavy (non-hydrogen) atoms. The molecule has 0 amide bonds. The number of carboxylic acids is 1. The van der Waals surface area contributed by atoms with E-state index in [4.69, 9.17) is 9.84 Å². The molecule has 0 aliphatic carbocycles. The fourth-order valence-electron chi connectivity index (χ4n) is 1.25. The molecule has 1 N–H and O–H groups in total. The molecule has 88 valence electrons. The van der Waals surface area contributed by atoms with Crippen LogP contribution in [0.4, 0.5) is 0 Å². The van der Waals surface area contributed by atoms with Crippen molar-refractivity contribution in [2.75, 3.05) is 13.2 Å². The smallest absolute Gasteiger partial charge is 0.327 e. The Morgan fingerprint density at radius 3 is 2.60 bits per heavy atom. The SMILES string of the molecule is CCCCCCCOCCC=CC(=O)O. The number of rotatable bonds is 10. The zero-order valence-electron chi connectivity index (χ0n) is 9.58. The lowest BCUT2D eigenvalue weighted by Crippen LogP contribution is -1.96. The van der Waals surface area contributed by atoms with Crippen molar-refractivity contribution in [1.82, 2.24) is 0 Å². The average molecular weight is 214 g/mol. The van der Waals surface area contributed by atoms with Gasteiger partial charge >= 0.3 is 5.97 Å². The van der Waals surface area contributed by atoms with Gasteiger partial charge in [0.1, 0.15) is 0 Å². The summed E-state index contributed by atoms with van der Waals surface area (Å²) in [6, 6.07) is 0. The predicted octanol–water partition coefficient (Wildman–Crippen LogP) is 3.00. The molecule has 0 saturated carbocycles. The van der Waals surface area contributed by atoms with Gasteiger partial charge in [0.2, 0.25) is 0 Å². The van der Waals surface area contributed by atoms with Crippen LogP contribution < -0.4 is 0 Å². The quantitative estimate of drug-likeness (QED) is 0.449. The second-order valence-corrected chi connectivity index (χ2v) is 3.56. The largest absolute Gasteiger partial charge is 0.478 e. The molecule has 3 heteroatoms. The molecule has 0 bridgehead atoms. The van der Waals surface area contributed by atoms with Gasteiger partial charge in [0.25, 0.3) is 0 Å². The highest BCUT2D eigenvalue weighted by atomic mass is 16.5. The molecule has 0 aliphatic heterocycles. The van der Waals surface area contributed by atoms with Crippen LogP contribution in [0.25, 0.3) is 0 Å². The Labute approximate surface area is 92.1 Å². The number of unbranched alkanes of at least 4 members (excludes halogenated alkanes) is 4. The van der Waals surface area contributed by atoms with Crippen LogP contribution in [0.15, 0.2) is 12.2 Å². The normalized spacial score (nSPS) is 11.0. The van der Waals surface area contributed by atoms with Crippen molar-refractivity contribution in [3.05, 3.63) is 12.2 Å². The number of ether oxygens (including phenoxy) is 1. The van der Waals surface area contributed by atoms with Gasteiger partial charge in [-0.25, -0.2) is 4.79 Å². The third-order valence-electron chi connectivity index (χ3n) is 2.08. The topological polar surface area (TPSA) is 46.5 Å². The van der Waals surface area contributed by atoms with E-state index in [1.807, 2.05) is 0 Å². The Balaban J connectivity index is 3.02. The van der Waals surface area contributed by atoms with Gasteiger partial charge in [0.05, 0.1) is 6.61 Å². The van der Waals surface area contributed by atoms with Crippen LogP contribution in [0.3, 0.4) is 0 Å². The molecule has 0 spiro atoms. The van der Waals surface area contributed by atoms with Crippen molar-refractivity contribution in [2.24, 2.45) is 0 Å². The molecule has 0 radical (unpaired) electrons. The van der Waals surface area contributed by atoms with E-state index in [0.717, 1.165) is 19.1 Å². The molecule has 0 aromatic rings. The summed E-state index contributed by atoms with van der Waals surface area (Å²) in [5, 5.41) is 8.31. The summed E-state index contributed by atoms with van der Waals surface area (Å²) >= 11 is 0. The summed E-state index contributed by atoms with van der Waals surface area (Å²) in [4.78, 5) is 10.1. The molecule has 0 aliphatic rings. The minimum Gasteiger partial charge on any atom is -0.478 e. The maximum Gasteiger partial charge on any atom is 0.327 e. The zero-order valence-corrected chi connectivity index (χ0v) is 9.58. The Morgan fingerprint density at radius 1 is 1.20 bits per heavy atom. The molecule has 0 fully saturated rings. The summed E-state index contributed by atoms with van der Waals surface area (Å²) in [7, 11) is 0. The van der Waals surface area contributed by atoms with Crippen LogP contribution in [0, 0.1) is 0 Å². The molecule has 0 unspecified atom stereocenters. The number of carboxylic acid groups (broad SMARTS) is 1. The fraction of sp³-hybridized carbons (Fsp3) is 0.750. The van der Waals surface area contributed by atoms with Crippen LogP contribution in [-0.2, 0) is 9.53 Å². The van der Waals surface area contributed by atoms with Gasteiger partial charge in [-0.05, 0) is 12.8 Å². The maximum absolute atomic E-state index is 10.1. The molecule has 3 nitrogen and oxygen atoms in total. The van der Waals surface area contributed by atoms with E-state index >= 15 is 0 Å². The van der Waals surface area contributed by atoms with Gasteiger partial charge in [-0.3, -0.25) is 0 Å². The van der Waals surface area contributed by atoms with Crippen LogP contribution in [0.5, 0.6) is 0 Å². The number of hydrogen-bond donors (Lipinski definition) is 1. The minimum absolute atomic E-state index is 0.623. The number of aliphatic carboxylic acids is 1. The summed E-state index contributed by atoms with van der Waals surface area (Å²) in [6.45, 7) is 3.62. The van der Waals surface area contributed by atoms with E-state index in [2.05, 4.69) is 6.92 Å². The first kappa shape index (κ1) is 14.2. The minimum atomic E-state index is -0.894. The third-order valence-corrected chi connectivity index (χ3v) is 2.08. The summed E-state index contributed by atoms with van der Waals surface area (Å²) < 4.78 is 5.35. The van der Waals surface area contributed by atoms with Crippen LogP contribution in [0.2, 0.25) is 0 Å². The van der Waals surface area contributed by atoms with Crippen LogP contribution in [0.1, 0.15) is 45.4 Å². The summed E-state index contributed by atoms with van der Waals surface area (Å²) in [5.74, 6) is -0.894. The molecule has 0 aromatic carbocycles. The number of carbonyl (C=O) groups is 1. The van der Waals surface area contributed by atoms with Gasteiger partial charge in [-0.15, -0.1) is 0 Å². The molecular weight excluding hydrogens is 192 g/mol.